The number of amides is 4. The molecular formula is C19H24N6O3. The Morgan fingerprint density at radius 1 is 1.25 bits per heavy atom. The molecule has 0 aromatic carbocycles. The highest BCUT2D eigenvalue weighted by Gasteiger charge is 2.57. The van der Waals surface area contributed by atoms with Crippen molar-refractivity contribution in [1.82, 2.24) is 29.3 Å². The van der Waals surface area contributed by atoms with Gasteiger partial charge in [-0.15, -0.1) is 0 Å². The molecule has 2 fully saturated rings. The van der Waals surface area contributed by atoms with Gasteiger partial charge in [-0.1, -0.05) is 13.8 Å². The summed E-state index contributed by atoms with van der Waals surface area (Å²) in [5, 5.41) is 4.04. The number of hydrogen-bond donors (Lipinski definition) is 0. The summed E-state index contributed by atoms with van der Waals surface area (Å²) in [5.74, 6) is 0.00526. The van der Waals surface area contributed by atoms with Gasteiger partial charge in [-0.05, 0) is 30.9 Å². The Morgan fingerprint density at radius 3 is 2.64 bits per heavy atom. The Labute approximate surface area is 162 Å². The highest BCUT2D eigenvalue weighted by atomic mass is 16.2. The summed E-state index contributed by atoms with van der Waals surface area (Å²) in [5.41, 5.74) is 0.325. The number of carbonyl (C=O) groups excluding carboxylic acids is 3. The van der Waals surface area contributed by atoms with Crippen LogP contribution in [-0.4, -0.2) is 79.4 Å². The molecule has 4 amide bonds. The van der Waals surface area contributed by atoms with Crippen molar-refractivity contribution in [2.75, 3.05) is 26.7 Å². The van der Waals surface area contributed by atoms with Crippen LogP contribution >= 0.6 is 0 Å². The van der Waals surface area contributed by atoms with Crippen LogP contribution in [0.3, 0.4) is 0 Å². The van der Waals surface area contributed by atoms with E-state index in [1.807, 2.05) is 13.8 Å². The van der Waals surface area contributed by atoms with E-state index in [0.717, 1.165) is 0 Å². The lowest BCUT2D eigenvalue weighted by Crippen LogP contribution is -2.58. The number of likely N-dealkylation sites (N-methyl/N-ethyl adjacent to an activating group) is 1. The first-order valence-electron chi connectivity index (χ1n) is 9.52. The van der Waals surface area contributed by atoms with Crippen molar-refractivity contribution in [3.05, 3.63) is 30.2 Å². The molecule has 2 aliphatic heterocycles. The lowest BCUT2D eigenvalue weighted by molar-refractivity contribution is -0.134. The average Bonchev–Trinajstić information content (AvgIpc) is 3.22. The van der Waals surface area contributed by atoms with Crippen molar-refractivity contribution in [3.8, 4) is 0 Å². The third kappa shape index (κ3) is 2.73. The fourth-order valence-corrected chi connectivity index (χ4v) is 4.19. The van der Waals surface area contributed by atoms with Gasteiger partial charge in [0.05, 0.1) is 0 Å². The largest absolute Gasteiger partial charge is 0.338 e. The lowest BCUT2D eigenvalue weighted by atomic mass is 9.85. The predicted octanol–water partition coefficient (Wildman–Crippen LogP) is 1.25. The van der Waals surface area contributed by atoms with Gasteiger partial charge in [0.2, 0.25) is 0 Å². The van der Waals surface area contributed by atoms with Gasteiger partial charge < -0.3 is 9.80 Å². The number of likely N-dealkylation sites (tertiary alicyclic amines) is 1. The summed E-state index contributed by atoms with van der Waals surface area (Å²) in [6.45, 7) is 5.45. The number of nitrogens with zero attached hydrogens (tertiary/aromatic N) is 6. The summed E-state index contributed by atoms with van der Waals surface area (Å²) in [6.07, 6.45) is 4.05. The van der Waals surface area contributed by atoms with Crippen LogP contribution in [0, 0.1) is 5.92 Å². The molecule has 0 bridgehead atoms. The first-order valence-corrected chi connectivity index (χ1v) is 9.52. The maximum Gasteiger partial charge on any atom is 0.327 e. The molecule has 4 rings (SSSR count). The van der Waals surface area contributed by atoms with Gasteiger partial charge in [0, 0.05) is 38.4 Å². The Bertz CT molecular complexity index is 944. The first-order chi connectivity index (χ1) is 13.3. The molecular weight excluding hydrogens is 360 g/mol. The van der Waals surface area contributed by atoms with Crippen LogP contribution in [0.1, 0.15) is 37.0 Å². The van der Waals surface area contributed by atoms with Gasteiger partial charge in [0.25, 0.3) is 11.8 Å². The summed E-state index contributed by atoms with van der Waals surface area (Å²) < 4.78 is 1.60. The monoisotopic (exact) mass is 384 g/mol. The zero-order valence-corrected chi connectivity index (χ0v) is 16.3. The maximum absolute atomic E-state index is 12.9. The fraction of sp³-hybridized carbons (Fsp3) is 0.526. The SMILES string of the molecule is CC(C)CN1C(=O)N(C)C(=O)C12CCN(C(=O)c1ccn3ncnc3c1)CC2. The van der Waals surface area contributed by atoms with E-state index in [9.17, 15) is 14.4 Å². The molecule has 0 saturated carbocycles. The third-order valence-corrected chi connectivity index (χ3v) is 5.69. The van der Waals surface area contributed by atoms with Crippen molar-refractivity contribution < 1.29 is 14.4 Å². The molecule has 0 atom stereocenters. The zero-order valence-electron chi connectivity index (χ0n) is 16.3. The molecule has 148 valence electrons. The molecule has 2 saturated heterocycles. The van der Waals surface area contributed by atoms with Crippen LogP contribution < -0.4 is 0 Å². The molecule has 0 N–H and O–H groups in total. The predicted molar refractivity (Wildman–Crippen MR) is 101 cm³/mol. The number of piperidine rings is 1. The fourth-order valence-electron chi connectivity index (χ4n) is 4.19. The average molecular weight is 384 g/mol. The maximum atomic E-state index is 12.9. The summed E-state index contributed by atoms with van der Waals surface area (Å²) in [4.78, 5) is 47.2. The molecule has 9 nitrogen and oxygen atoms in total. The molecule has 9 heteroatoms. The van der Waals surface area contributed by atoms with Crippen molar-refractivity contribution in [2.24, 2.45) is 5.92 Å². The van der Waals surface area contributed by atoms with E-state index in [1.54, 1.807) is 32.6 Å². The van der Waals surface area contributed by atoms with E-state index in [4.69, 9.17) is 0 Å². The number of aromatic nitrogens is 3. The summed E-state index contributed by atoms with van der Waals surface area (Å²) >= 11 is 0. The van der Waals surface area contributed by atoms with Crippen LogP contribution in [0.4, 0.5) is 4.79 Å². The van der Waals surface area contributed by atoms with E-state index in [1.165, 1.54) is 18.3 Å². The number of pyridine rings is 1. The first kappa shape index (κ1) is 18.4. The molecule has 0 radical (unpaired) electrons. The molecule has 2 aliphatic rings. The van der Waals surface area contributed by atoms with Crippen LogP contribution in [-0.2, 0) is 4.79 Å². The minimum atomic E-state index is -0.830. The lowest BCUT2D eigenvalue weighted by Gasteiger charge is -2.42. The van der Waals surface area contributed by atoms with Crippen molar-refractivity contribution in [2.45, 2.75) is 32.2 Å². The van der Waals surface area contributed by atoms with E-state index in [-0.39, 0.29) is 23.8 Å². The van der Waals surface area contributed by atoms with Gasteiger partial charge in [-0.25, -0.2) is 14.3 Å². The quantitative estimate of drug-likeness (QED) is 0.743. The molecule has 2 aromatic rings. The van der Waals surface area contributed by atoms with Crippen LogP contribution in [0.25, 0.3) is 5.65 Å². The normalized spacial score (nSPS) is 19.5. The summed E-state index contributed by atoms with van der Waals surface area (Å²) in [6, 6.07) is 3.19. The molecule has 4 heterocycles. The molecule has 2 aromatic heterocycles. The minimum absolute atomic E-state index is 0.0964. The van der Waals surface area contributed by atoms with Crippen LogP contribution in [0.2, 0.25) is 0 Å². The van der Waals surface area contributed by atoms with E-state index in [0.29, 0.717) is 43.7 Å². The second-order valence-electron chi connectivity index (χ2n) is 7.95. The topological polar surface area (TPSA) is 91.1 Å². The number of hydrogen-bond acceptors (Lipinski definition) is 5. The van der Waals surface area contributed by atoms with Crippen molar-refractivity contribution in [1.29, 1.82) is 0 Å². The Morgan fingerprint density at radius 2 is 1.96 bits per heavy atom. The second-order valence-corrected chi connectivity index (χ2v) is 7.95. The number of imide groups is 1. The molecule has 0 aliphatic carbocycles. The number of urea groups is 1. The number of rotatable bonds is 3. The Hall–Kier alpha value is -2.97. The Kier molecular flexibility index (Phi) is 4.32. The van der Waals surface area contributed by atoms with Crippen LogP contribution in [0.5, 0.6) is 0 Å². The number of fused-ring (bicyclic) bond motifs is 1. The highest BCUT2D eigenvalue weighted by molar-refractivity contribution is 6.07. The number of carbonyl (C=O) groups is 3. The smallest absolute Gasteiger partial charge is 0.327 e. The molecule has 0 unspecified atom stereocenters. The van der Waals surface area contributed by atoms with Gasteiger partial charge >= 0.3 is 6.03 Å². The van der Waals surface area contributed by atoms with E-state index in [2.05, 4.69) is 10.1 Å². The zero-order chi connectivity index (χ0) is 20.1. The van der Waals surface area contributed by atoms with Gasteiger partial charge in [0.15, 0.2) is 5.65 Å². The molecule has 28 heavy (non-hydrogen) atoms. The van der Waals surface area contributed by atoms with E-state index >= 15 is 0 Å². The minimum Gasteiger partial charge on any atom is -0.338 e. The van der Waals surface area contributed by atoms with Gasteiger partial charge in [0.1, 0.15) is 11.9 Å². The van der Waals surface area contributed by atoms with Gasteiger partial charge in [-0.3, -0.25) is 14.5 Å². The van der Waals surface area contributed by atoms with Crippen molar-refractivity contribution in [3.63, 3.8) is 0 Å². The molecule has 1 spiro atoms. The Balaban J connectivity index is 1.53. The summed E-state index contributed by atoms with van der Waals surface area (Å²) in [7, 11) is 1.54. The highest BCUT2D eigenvalue weighted by Crippen LogP contribution is 2.37. The standard InChI is InChI=1S/C19H24N6O3/c1-13(2)11-24-18(28)22(3)17(27)19(24)5-8-23(9-6-19)16(26)14-4-7-25-15(10-14)20-12-21-25/h4,7,10,12-13H,5-6,8-9,11H2,1-3H3. The van der Waals surface area contributed by atoms with Gasteiger partial charge in [-0.2, -0.15) is 5.10 Å². The third-order valence-electron chi connectivity index (χ3n) is 5.69. The van der Waals surface area contributed by atoms with E-state index < -0.39 is 5.54 Å². The van der Waals surface area contributed by atoms with Crippen LogP contribution in [0.15, 0.2) is 24.7 Å². The second kappa shape index (κ2) is 6.57. The van der Waals surface area contributed by atoms with Crippen molar-refractivity contribution >= 4 is 23.5 Å².